The first-order valence-electron chi connectivity index (χ1n) is 15.4. The molecule has 1 unspecified atom stereocenters. The number of hydrogen-bond acceptors (Lipinski definition) is 2. The Morgan fingerprint density at radius 2 is 1.78 bits per heavy atom. The molecular formula is C34H51NO2. The summed E-state index contributed by atoms with van der Waals surface area (Å²) in [6.45, 7) is 12.5. The number of para-hydroxylation sites is 1. The Morgan fingerprint density at radius 3 is 2.54 bits per heavy atom. The summed E-state index contributed by atoms with van der Waals surface area (Å²) in [6.07, 6.45) is 16.5. The largest absolute Gasteiger partial charge is 0.446 e. The molecule has 3 nitrogen and oxygen atoms in total. The molecule has 3 heteroatoms. The van der Waals surface area contributed by atoms with Gasteiger partial charge in [0.15, 0.2) is 0 Å². The molecule has 0 aromatic heterocycles. The van der Waals surface area contributed by atoms with Crippen LogP contribution in [-0.4, -0.2) is 12.2 Å². The summed E-state index contributed by atoms with van der Waals surface area (Å²) in [5.41, 5.74) is 3.21. The molecule has 204 valence electrons. The molecule has 37 heavy (non-hydrogen) atoms. The van der Waals surface area contributed by atoms with Crippen LogP contribution in [0.4, 0.5) is 10.5 Å². The molecule has 3 saturated carbocycles. The lowest BCUT2D eigenvalue weighted by Crippen LogP contribution is -2.51. The van der Waals surface area contributed by atoms with Crippen molar-refractivity contribution in [3.63, 3.8) is 0 Å². The third-order valence-corrected chi connectivity index (χ3v) is 11.6. The molecule has 0 heterocycles. The molecule has 4 aliphatic carbocycles. The predicted octanol–water partition coefficient (Wildman–Crippen LogP) is 9.65. The fraction of sp³-hybridized carbons (Fsp3) is 0.735. The van der Waals surface area contributed by atoms with E-state index in [9.17, 15) is 4.79 Å². The maximum absolute atomic E-state index is 12.5. The highest BCUT2D eigenvalue weighted by Crippen LogP contribution is 2.67. The minimum absolute atomic E-state index is 0.00371. The van der Waals surface area contributed by atoms with Crippen LogP contribution in [0.25, 0.3) is 0 Å². The van der Waals surface area contributed by atoms with Crippen LogP contribution in [0, 0.1) is 46.3 Å². The number of carbonyl (C=O) groups is 1. The summed E-state index contributed by atoms with van der Waals surface area (Å²) in [5.74, 6) is 5.15. The van der Waals surface area contributed by atoms with Crippen molar-refractivity contribution in [3.05, 3.63) is 42.0 Å². The number of anilines is 1. The summed E-state index contributed by atoms with van der Waals surface area (Å²) in [6, 6.07) is 9.62. The van der Waals surface area contributed by atoms with Gasteiger partial charge in [-0.3, -0.25) is 5.32 Å². The Hall–Kier alpha value is -1.77. The van der Waals surface area contributed by atoms with Gasteiger partial charge in [0.05, 0.1) is 0 Å². The normalized spacial score (nSPS) is 37.7. The molecule has 8 atom stereocenters. The number of rotatable bonds is 7. The Morgan fingerprint density at radius 1 is 1.00 bits per heavy atom. The minimum Gasteiger partial charge on any atom is -0.446 e. The summed E-state index contributed by atoms with van der Waals surface area (Å²) < 4.78 is 5.91. The zero-order valence-electron chi connectivity index (χ0n) is 24.1. The second-order valence-electron chi connectivity index (χ2n) is 14.1. The molecule has 0 spiro atoms. The maximum Gasteiger partial charge on any atom is 0.411 e. The lowest BCUT2D eigenvalue weighted by Gasteiger charge is -2.58. The molecular weight excluding hydrogens is 454 g/mol. The van der Waals surface area contributed by atoms with Crippen LogP contribution >= 0.6 is 0 Å². The zero-order valence-corrected chi connectivity index (χ0v) is 24.1. The van der Waals surface area contributed by atoms with Gasteiger partial charge in [0.2, 0.25) is 0 Å². The lowest BCUT2D eigenvalue weighted by molar-refractivity contribution is -0.0577. The number of carbonyl (C=O) groups excluding carboxylic acids is 1. The van der Waals surface area contributed by atoms with Crippen molar-refractivity contribution in [3.8, 4) is 0 Å². The Bertz CT molecular complexity index is 969. The van der Waals surface area contributed by atoms with Crippen LogP contribution in [0.1, 0.15) is 105 Å². The molecule has 0 bridgehead atoms. The first-order valence-corrected chi connectivity index (χ1v) is 15.4. The molecule has 1 aromatic rings. The van der Waals surface area contributed by atoms with Gasteiger partial charge in [0.25, 0.3) is 0 Å². The maximum atomic E-state index is 12.5. The van der Waals surface area contributed by atoms with Gasteiger partial charge in [-0.05, 0) is 103 Å². The summed E-state index contributed by atoms with van der Waals surface area (Å²) in [4.78, 5) is 12.5. The Balaban J connectivity index is 1.22. The molecule has 3 fully saturated rings. The number of fused-ring (bicyclic) bond motifs is 5. The highest BCUT2D eigenvalue weighted by molar-refractivity contribution is 5.84. The molecule has 1 amide bonds. The average molecular weight is 506 g/mol. The molecule has 1 aromatic carbocycles. The number of benzene rings is 1. The van der Waals surface area contributed by atoms with Gasteiger partial charge in [-0.15, -0.1) is 0 Å². The van der Waals surface area contributed by atoms with Gasteiger partial charge in [0.1, 0.15) is 6.10 Å². The summed E-state index contributed by atoms with van der Waals surface area (Å²) in [5, 5.41) is 2.90. The van der Waals surface area contributed by atoms with Crippen LogP contribution in [0.2, 0.25) is 0 Å². The molecule has 0 saturated heterocycles. The first kappa shape index (κ1) is 26.8. The first-order chi connectivity index (χ1) is 17.7. The summed E-state index contributed by atoms with van der Waals surface area (Å²) >= 11 is 0. The highest BCUT2D eigenvalue weighted by atomic mass is 16.6. The van der Waals surface area contributed by atoms with E-state index in [1.165, 1.54) is 51.4 Å². The van der Waals surface area contributed by atoms with Crippen LogP contribution < -0.4 is 5.32 Å². The quantitative estimate of drug-likeness (QED) is 0.375. The molecule has 5 rings (SSSR count). The number of ether oxygens (including phenoxy) is 1. The fourth-order valence-corrected chi connectivity index (χ4v) is 9.57. The standard InChI is InChI=1S/C34H51NO2/c1-23(2)10-9-11-24(3)29-16-17-30-28-15-14-25-22-27(37-32(36)35-26-12-7-6-8-13-26)18-20-33(25,4)31(28)19-21-34(29,30)5/h6-8,12-14,23-24,27-31H,9-11,15-22H2,1-5H3,(H,35,36)/t24-,27?,28+,29-,30+,31+,33+,34-/m1/s1. The van der Waals surface area contributed by atoms with Gasteiger partial charge in [-0.25, -0.2) is 4.79 Å². The van der Waals surface area contributed by atoms with E-state index in [-0.39, 0.29) is 12.2 Å². The number of nitrogens with one attached hydrogen (secondary N) is 1. The summed E-state index contributed by atoms with van der Waals surface area (Å²) in [7, 11) is 0. The average Bonchev–Trinajstić information content (AvgIpc) is 3.22. The second kappa shape index (κ2) is 10.8. The van der Waals surface area contributed by atoms with E-state index in [1.54, 1.807) is 5.57 Å². The van der Waals surface area contributed by atoms with Gasteiger partial charge in [0, 0.05) is 12.1 Å². The van der Waals surface area contributed by atoms with Crippen molar-refractivity contribution in [1.82, 2.24) is 0 Å². The number of amides is 1. The topological polar surface area (TPSA) is 38.3 Å². The molecule has 0 aliphatic heterocycles. The van der Waals surface area contributed by atoms with Crippen LogP contribution in [0.5, 0.6) is 0 Å². The number of hydrogen-bond donors (Lipinski definition) is 1. The van der Waals surface area contributed by atoms with E-state index in [0.717, 1.165) is 60.5 Å². The van der Waals surface area contributed by atoms with Gasteiger partial charge < -0.3 is 4.74 Å². The molecule has 4 aliphatic rings. The smallest absolute Gasteiger partial charge is 0.411 e. The number of allylic oxidation sites excluding steroid dienone is 1. The van der Waals surface area contributed by atoms with E-state index >= 15 is 0 Å². The van der Waals surface area contributed by atoms with Crippen molar-refractivity contribution in [2.45, 2.75) is 111 Å². The van der Waals surface area contributed by atoms with Crippen molar-refractivity contribution in [1.29, 1.82) is 0 Å². The monoisotopic (exact) mass is 505 g/mol. The van der Waals surface area contributed by atoms with E-state index < -0.39 is 0 Å². The predicted molar refractivity (Wildman–Crippen MR) is 153 cm³/mol. The highest BCUT2D eigenvalue weighted by Gasteiger charge is 2.59. The van der Waals surface area contributed by atoms with Gasteiger partial charge >= 0.3 is 6.09 Å². The van der Waals surface area contributed by atoms with E-state index in [0.29, 0.717) is 10.8 Å². The van der Waals surface area contributed by atoms with E-state index in [2.05, 4.69) is 46.0 Å². The van der Waals surface area contributed by atoms with Crippen molar-refractivity contribution >= 4 is 11.8 Å². The van der Waals surface area contributed by atoms with Crippen LogP contribution in [0.15, 0.2) is 42.0 Å². The second-order valence-corrected chi connectivity index (χ2v) is 14.1. The van der Waals surface area contributed by atoms with Gasteiger partial charge in [-0.1, -0.05) is 83.7 Å². The molecule has 0 radical (unpaired) electrons. The van der Waals surface area contributed by atoms with E-state index in [1.807, 2.05) is 30.3 Å². The zero-order chi connectivity index (χ0) is 26.2. The van der Waals surface area contributed by atoms with Crippen molar-refractivity contribution in [2.75, 3.05) is 5.32 Å². The van der Waals surface area contributed by atoms with Crippen LogP contribution in [0.3, 0.4) is 0 Å². The van der Waals surface area contributed by atoms with Gasteiger partial charge in [-0.2, -0.15) is 0 Å². The van der Waals surface area contributed by atoms with Crippen LogP contribution in [-0.2, 0) is 4.74 Å². The SMILES string of the molecule is CC(C)CCC[C@@H](C)[C@H]1CC[C@H]2[C@@H]3CC=C4CC(OC(=O)Nc5ccccc5)CC[C@]4(C)[C@H]3CC[C@]12C. The lowest BCUT2D eigenvalue weighted by atomic mass is 9.47. The fourth-order valence-electron chi connectivity index (χ4n) is 9.57. The van der Waals surface area contributed by atoms with E-state index in [4.69, 9.17) is 4.74 Å². The Kier molecular flexibility index (Phi) is 7.81. The third kappa shape index (κ3) is 5.26. The minimum atomic E-state index is -0.318. The van der Waals surface area contributed by atoms with Crippen molar-refractivity contribution in [2.24, 2.45) is 46.3 Å². The Labute approximate surface area is 226 Å². The molecule has 1 N–H and O–H groups in total. The third-order valence-electron chi connectivity index (χ3n) is 11.6. The van der Waals surface area contributed by atoms with Crippen molar-refractivity contribution < 1.29 is 9.53 Å².